The molecule has 0 unspecified atom stereocenters. The Balaban J connectivity index is 2.04. The summed E-state index contributed by atoms with van der Waals surface area (Å²) in [5.74, 6) is 0. The molecule has 0 aromatic heterocycles. The van der Waals surface area contributed by atoms with E-state index in [0.717, 1.165) is 13.2 Å². The lowest BCUT2D eigenvalue weighted by molar-refractivity contribution is -0.137. The highest BCUT2D eigenvalue weighted by Gasteiger charge is 2.59. The Hall–Kier alpha value is -0.0800. The molecule has 2 aliphatic rings. The monoisotopic (exact) mass is 155 g/mol. The first-order valence-corrected chi connectivity index (χ1v) is 4.59. The van der Waals surface area contributed by atoms with Crippen molar-refractivity contribution in [1.82, 2.24) is 0 Å². The van der Waals surface area contributed by atoms with Gasteiger partial charge in [-0.05, 0) is 19.3 Å². The minimum Gasteiger partial charge on any atom is -0.380 e. The lowest BCUT2D eigenvalue weighted by Crippen LogP contribution is -2.57. The van der Waals surface area contributed by atoms with Crippen molar-refractivity contribution >= 4 is 0 Å². The van der Waals surface area contributed by atoms with Crippen LogP contribution in [0, 0.1) is 5.41 Å². The minimum atomic E-state index is 0.168. The van der Waals surface area contributed by atoms with Crippen LogP contribution >= 0.6 is 0 Å². The molecule has 64 valence electrons. The van der Waals surface area contributed by atoms with E-state index in [1.165, 1.54) is 25.7 Å². The molecule has 0 bridgehead atoms. The zero-order chi connectivity index (χ0) is 7.95. The molecule has 1 aliphatic carbocycles. The molecule has 1 saturated carbocycles. The molecule has 2 N–H and O–H groups in total. The molecule has 2 nitrogen and oxygen atoms in total. The third-order valence-electron chi connectivity index (χ3n) is 3.33. The summed E-state index contributed by atoms with van der Waals surface area (Å²) in [5, 5.41) is 0. The highest BCUT2D eigenvalue weighted by Crippen LogP contribution is 2.54. The second kappa shape index (κ2) is 2.20. The fraction of sp³-hybridized carbons (Fsp3) is 1.00. The van der Waals surface area contributed by atoms with Gasteiger partial charge in [-0.1, -0.05) is 13.3 Å². The van der Waals surface area contributed by atoms with Crippen LogP contribution in [-0.4, -0.2) is 18.8 Å². The number of hydrogen-bond acceptors (Lipinski definition) is 2. The highest BCUT2D eigenvalue weighted by molar-refractivity contribution is 5.14. The zero-order valence-corrected chi connectivity index (χ0v) is 7.23. The molecule has 0 aromatic carbocycles. The molecule has 0 atom stereocenters. The van der Waals surface area contributed by atoms with Crippen molar-refractivity contribution < 1.29 is 4.74 Å². The number of hydrogen-bond donors (Lipinski definition) is 1. The Morgan fingerprint density at radius 3 is 2.27 bits per heavy atom. The van der Waals surface area contributed by atoms with Crippen LogP contribution in [0.4, 0.5) is 0 Å². The lowest BCUT2D eigenvalue weighted by atomic mass is 9.73. The van der Waals surface area contributed by atoms with Crippen LogP contribution in [0.15, 0.2) is 0 Å². The minimum absolute atomic E-state index is 0.168. The number of nitrogens with two attached hydrogens (primary N) is 1. The standard InChI is InChI=1S/C9H17NO/c1-2-3-8(6-11-7-8)9(10)4-5-9/h2-7,10H2,1H3. The van der Waals surface area contributed by atoms with Crippen LogP contribution in [0.2, 0.25) is 0 Å². The Morgan fingerprint density at radius 1 is 1.36 bits per heavy atom. The molecule has 2 heteroatoms. The Bertz CT molecular complexity index is 159. The van der Waals surface area contributed by atoms with Crippen LogP contribution in [-0.2, 0) is 4.74 Å². The topological polar surface area (TPSA) is 35.2 Å². The van der Waals surface area contributed by atoms with Crippen molar-refractivity contribution in [3.8, 4) is 0 Å². The van der Waals surface area contributed by atoms with Gasteiger partial charge in [-0.3, -0.25) is 0 Å². The first-order chi connectivity index (χ1) is 5.22. The second-order valence-corrected chi connectivity index (χ2v) is 4.18. The maximum absolute atomic E-state index is 6.19. The third kappa shape index (κ3) is 0.926. The van der Waals surface area contributed by atoms with Crippen molar-refractivity contribution in [3.63, 3.8) is 0 Å². The summed E-state index contributed by atoms with van der Waals surface area (Å²) in [6.07, 6.45) is 4.93. The zero-order valence-electron chi connectivity index (χ0n) is 7.23. The summed E-state index contributed by atoms with van der Waals surface area (Å²) in [6.45, 7) is 4.06. The quantitative estimate of drug-likeness (QED) is 0.666. The van der Waals surface area contributed by atoms with Gasteiger partial charge >= 0.3 is 0 Å². The van der Waals surface area contributed by atoms with E-state index in [9.17, 15) is 0 Å². The summed E-state index contributed by atoms with van der Waals surface area (Å²) in [7, 11) is 0. The van der Waals surface area contributed by atoms with E-state index in [-0.39, 0.29) is 5.54 Å². The maximum atomic E-state index is 6.19. The van der Waals surface area contributed by atoms with Gasteiger partial charge in [-0.25, -0.2) is 0 Å². The van der Waals surface area contributed by atoms with Gasteiger partial charge in [0.25, 0.3) is 0 Å². The fourth-order valence-electron chi connectivity index (χ4n) is 2.17. The van der Waals surface area contributed by atoms with Crippen molar-refractivity contribution in [2.75, 3.05) is 13.2 Å². The normalized spacial score (nSPS) is 31.1. The Kier molecular flexibility index (Phi) is 1.52. The second-order valence-electron chi connectivity index (χ2n) is 4.18. The summed E-state index contributed by atoms with van der Waals surface area (Å²) < 4.78 is 5.28. The summed E-state index contributed by atoms with van der Waals surface area (Å²) in [4.78, 5) is 0. The van der Waals surface area contributed by atoms with Crippen molar-refractivity contribution in [2.24, 2.45) is 11.1 Å². The smallest absolute Gasteiger partial charge is 0.0562 e. The molecule has 2 rings (SSSR count). The van der Waals surface area contributed by atoms with Gasteiger partial charge in [0, 0.05) is 11.0 Å². The molecule has 0 spiro atoms. The van der Waals surface area contributed by atoms with Gasteiger partial charge in [0.2, 0.25) is 0 Å². The van der Waals surface area contributed by atoms with Crippen molar-refractivity contribution in [2.45, 2.75) is 38.1 Å². The lowest BCUT2D eigenvalue weighted by Gasteiger charge is -2.46. The average Bonchev–Trinajstić information content (AvgIpc) is 2.60. The fourth-order valence-corrected chi connectivity index (χ4v) is 2.17. The SMILES string of the molecule is CCCC1(C2(N)CC2)COC1. The van der Waals surface area contributed by atoms with Crippen LogP contribution in [0.25, 0.3) is 0 Å². The molecule has 0 amide bonds. The largest absolute Gasteiger partial charge is 0.380 e. The van der Waals surface area contributed by atoms with Crippen LogP contribution in [0.3, 0.4) is 0 Å². The molecule has 2 fully saturated rings. The maximum Gasteiger partial charge on any atom is 0.0562 e. The van der Waals surface area contributed by atoms with Crippen LogP contribution in [0.1, 0.15) is 32.6 Å². The summed E-state index contributed by atoms with van der Waals surface area (Å²) in [6, 6.07) is 0. The van der Waals surface area contributed by atoms with E-state index in [4.69, 9.17) is 10.5 Å². The summed E-state index contributed by atoms with van der Waals surface area (Å²) >= 11 is 0. The van der Waals surface area contributed by atoms with Gasteiger partial charge in [-0.2, -0.15) is 0 Å². The van der Waals surface area contributed by atoms with E-state index in [1.807, 2.05) is 0 Å². The molecule has 0 aromatic rings. The van der Waals surface area contributed by atoms with Crippen LogP contribution in [0.5, 0.6) is 0 Å². The molecule has 1 heterocycles. The van der Waals surface area contributed by atoms with Crippen LogP contribution < -0.4 is 5.73 Å². The molecule has 0 radical (unpaired) electrons. The first-order valence-electron chi connectivity index (χ1n) is 4.59. The van der Waals surface area contributed by atoms with Crippen molar-refractivity contribution in [1.29, 1.82) is 0 Å². The summed E-state index contributed by atoms with van der Waals surface area (Å²) in [5.41, 5.74) is 6.74. The van der Waals surface area contributed by atoms with E-state index in [2.05, 4.69) is 6.92 Å². The molecular weight excluding hydrogens is 138 g/mol. The first kappa shape index (κ1) is 7.56. The van der Waals surface area contributed by atoms with E-state index < -0.39 is 0 Å². The number of rotatable bonds is 3. The van der Waals surface area contributed by atoms with Gasteiger partial charge in [-0.15, -0.1) is 0 Å². The van der Waals surface area contributed by atoms with E-state index in [0.29, 0.717) is 5.41 Å². The molecule has 11 heavy (non-hydrogen) atoms. The van der Waals surface area contributed by atoms with Gasteiger partial charge in [0.05, 0.1) is 13.2 Å². The highest BCUT2D eigenvalue weighted by atomic mass is 16.5. The predicted octanol–water partition coefficient (Wildman–Crippen LogP) is 1.29. The molecular formula is C9H17NO. The van der Waals surface area contributed by atoms with E-state index in [1.54, 1.807) is 0 Å². The average molecular weight is 155 g/mol. The van der Waals surface area contributed by atoms with Gasteiger partial charge < -0.3 is 10.5 Å². The van der Waals surface area contributed by atoms with Gasteiger partial charge in [0.1, 0.15) is 0 Å². The Morgan fingerprint density at radius 2 is 2.00 bits per heavy atom. The third-order valence-corrected chi connectivity index (χ3v) is 3.33. The Labute approximate surface area is 68.1 Å². The molecule has 1 aliphatic heterocycles. The number of ether oxygens (including phenoxy) is 1. The van der Waals surface area contributed by atoms with Crippen molar-refractivity contribution in [3.05, 3.63) is 0 Å². The van der Waals surface area contributed by atoms with Gasteiger partial charge in [0.15, 0.2) is 0 Å². The van der Waals surface area contributed by atoms with E-state index >= 15 is 0 Å². The molecule has 1 saturated heterocycles. The predicted molar refractivity (Wildman–Crippen MR) is 44.3 cm³/mol.